The van der Waals surface area contributed by atoms with Gasteiger partial charge in [-0.15, -0.1) is 11.3 Å². The Morgan fingerprint density at radius 3 is 2.84 bits per heavy atom. The van der Waals surface area contributed by atoms with E-state index in [1.54, 1.807) is 23.5 Å². The van der Waals surface area contributed by atoms with Crippen LogP contribution in [0, 0.1) is 17.0 Å². The molecule has 0 fully saturated rings. The van der Waals surface area contributed by atoms with Gasteiger partial charge in [-0.2, -0.15) is 0 Å². The molecule has 0 radical (unpaired) electrons. The molecule has 0 aliphatic heterocycles. The zero-order valence-electron chi connectivity index (χ0n) is 10.8. The van der Waals surface area contributed by atoms with Crippen LogP contribution in [0.2, 0.25) is 0 Å². The Labute approximate surface area is 115 Å². The number of para-hydroxylation sites is 1. The summed E-state index contributed by atoms with van der Waals surface area (Å²) in [5.74, 6) is 0. The number of nitrogens with zero attached hydrogens (tertiary/aromatic N) is 2. The van der Waals surface area contributed by atoms with Gasteiger partial charge in [0.2, 0.25) is 0 Å². The second kappa shape index (κ2) is 5.90. The molecule has 0 saturated carbocycles. The molecule has 0 bridgehead atoms. The molecular formula is C13H15N3O2S. The van der Waals surface area contributed by atoms with E-state index in [1.165, 1.54) is 6.07 Å². The molecule has 0 aliphatic rings. The second-order valence-corrected chi connectivity index (χ2v) is 5.21. The van der Waals surface area contributed by atoms with Gasteiger partial charge in [-0.05, 0) is 13.8 Å². The maximum absolute atomic E-state index is 10.9. The highest BCUT2D eigenvalue weighted by Gasteiger charge is 2.14. The molecule has 2 rings (SSSR count). The number of aromatic nitrogens is 1. The predicted molar refractivity (Wildman–Crippen MR) is 75.2 cm³/mol. The van der Waals surface area contributed by atoms with Gasteiger partial charge in [0.15, 0.2) is 0 Å². The lowest BCUT2D eigenvalue weighted by atomic mass is 10.1. The second-order valence-electron chi connectivity index (χ2n) is 4.32. The lowest BCUT2D eigenvalue weighted by Crippen LogP contribution is -2.18. The molecule has 0 saturated heterocycles. The average molecular weight is 277 g/mol. The van der Waals surface area contributed by atoms with E-state index in [2.05, 4.69) is 10.3 Å². The van der Waals surface area contributed by atoms with Crippen molar-refractivity contribution in [1.82, 2.24) is 10.3 Å². The number of nitro benzene ring substituents is 1. The number of hydrogen-bond donors (Lipinski definition) is 1. The van der Waals surface area contributed by atoms with Crippen molar-refractivity contribution in [3.8, 4) is 0 Å². The predicted octanol–water partition coefficient (Wildman–Crippen LogP) is 3.21. The molecule has 1 aromatic heterocycles. The molecule has 1 N–H and O–H groups in total. The van der Waals surface area contributed by atoms with Crippen LogP contribution in [0.15, 0.2) is 29.6 Å². The molecule has 0 aliphatic carbocycles. The topological polar surface area (TPSA) is 68.1 Å². The Bertz CT molecular complexity index is 583. The van der Waals surface area contributed by atoms with Gasteiger partial charge in [0, 0.05) is 29.2 Å². The monoisotopic (exact) mass is 277 g/mol. The fourth-order valence-corrected chi connectivity index (χ4v) is 2.59. The highest BCUT2D eigenvalue weighted by atomic mass is 32.1. The van der Waals surface area contributed by atoms with E-state index in [9.17, 15) is 10.1 Å². The molecule has 1 unspecified atom stereocenters. The van der Waals surface area contributed by atoms with E-state index in [1.807, 2.05) is 25.3 Å². The standard InChI is InChI=1S/C13H15N3O2S/c1-9-8-19-13(15-9)10(2)14-7-11-5-3-4-6-12(11)16(17)18/h3-6,8,10,14H,7H2,1-2H3. The maximum Gasteiger partial charge on any atom is 0.273 e. The van der Waals surface area contributed by atoms with Crippen LogP contribution in [0.3, 0.4) is 0 Å². The number of aryl methyl sites for hydroxylation is 1. The molecule has 5 nitrogen and oxygen atoms in total. The summed E-state index contributed by atoms with van der Waals surface area (Å²) in [6, 6.07) is 6.86. The number of nitro groups is 1. The Balaban J connectivity index is 2.05. The summed E-state index contributed by atoms with van der Waals surface area (Å²) < 4.78 is 0. The quantitative estimate of drug-likeness (QED) is 0.673. The molecule has 2 aromatic rings. The Morgan fingerprint density at radius 2 is 2.21 bits per heavy atom. The third kappa shape index (κ3) is 3.36. The van der Waals surface area contributed by atoms with E-state index < -0.39 is 0 Å². The maximum atomic E-state index is 10.9. The van der Waals surface area contributed by atoms with Crippen LogP contribution in [-0.2, 0) is 6.54 Å². The molecule has 1 aromatic carbocycles. The fourth-order valence-electron chi connectivity index (χ4n) is 1.76. The summed E-state index contributed by atoms with van der Waals surface area (Å²) in [5.41, 5.74) is 1.84. The van der Waals surface area contributed by atoms with Gasteiger partial charge in [-0.25, -0.2) is 4.98 Å². The molecule has 1 heterocycles. The number of benzene rings is 1. The van der Waals surface area contributed by atoms with E-state index in [0.717, 1.165) is 10.7 Å². The highest BCUT2D eigenvalue weighted by molar-refractivity contribution is 7.09. The first-order valence-electron chi connectivity index (χ1n) is 5.95. The first kappa shape index (κ1) is 13.6. The molecular weight excluding hydrogens is 262 g/mol. The average Bonchev–Trinajstić information content (AvgIpc) is 2.83. The number of thiazole rings is 1. The van der Waals surface area contributed by atoms with Crippen molar-refractivity contribution in [3.05, 3.63) is 56.0 Å². The Kier molecular flexibility index (Phi) is 4.24. The van der Waals surface area contributed by atoms with Crippen LogP contribution in [0.1, 0.15) is 29.2 Å². The zero-order chi connectivity index (χ0) is 13.8. The van der Waals surface area contributed by atoms with Crippen LogP contribution in [0.25, 0.3) is 0 Å². The largest absolute Gasteiger partial charge is 0.304 e. The van der Waals surface area contributed by atoms with Crippen LogP contribution in [-0.4, -0.2) is 9.91 Å². The lowest BCUT2D eigenvalue weighted by Gasteiger charge is -2.11. The normalized spacial score (nSPS) is 12.3. The van der Waals surface area contributed by atoms with Gasteiger partial charge in [0.25, 0.3) is 5.69 Å². The Hall–Kier alpha value is -1.79. The summed E-state index contributed by atoms with van der Waals surface area (Å²) >= 11 is 1.60. The first-order chi connectivity index (χ1) is 9.08. The van der Waals surface area contributed by atoms with Crippen molar-refractivity contribution in [2.45, 2.75) is 26.4 Å². The minimum Gasteiger partial charge on any atom is -0.304 e. The van der Waals surface area contributed by atoms with Crippen LogP contribution < -0.4 is 5.32 Å². The highest BCUT2D eigenvalue weighted by Crippen LogP contribution is 2.21. The van der Waals surface area contributed by atoms with Crippen molar-refractivity contribution >= 4 is 17.0 Å². The van der Waals surface area contributed by atoms with Gasteiger partial charge in [-0.1, -0.05) is 18.2 Å². The summed E-state index contributed by atoms with van der Waals surface area (Å²) in [7, 11) is 0. The third-order valence-corrected chi connectivity index (χ3v) is 3.94. The smallest absolute Gasteiger partial charge is 0.273 e. The summed E-state index contributed by atoms with van der Waals surface area (Å²) in [6.45, 7) is 4.42. The van der Waals surface area contributed by atoms with Crippen molar-refractivity contribution < 1.29 is 4.92 Å². The fraction of sp³-hybridized carbons (Fsp3) is 0.308. The summed E-state index contributed by atoms with van der Waals surface area (Å²) in [5, 5.41) is 17.2. The van der Waals surface area contributed by atoms with Gasteiger partial charge in [-0.3, -0.25) is 10.1 Å². The van der Waals surface area contributed by atoms with Crippen molar-refractivity contribution in [3.63, 3.8) is 0 Å². The van der Waals surface area contributed by atoms with Gasteiger partial charge in [0.05, 0.1) is 11.0 Å². The number of hydrogen-bond acceptors (Lipinski definition) is 5. The number of rotatable bonds is 5. The molecule has 1 atom stereocenters. The zero-order valence-corrected chi connectivity index (χ0v) is 11.6. The summed E-state index contributed by atoms with van der Waals surface area (Å²) in [6.07, 6.45) is 0. The van der Waals surface area contributed by atoms with Gasteiger partial charge in [0.1, 0.15) is 5.01 Å². The summed E-state index contributed by atoms with van der Waals surface area (Å²) in [4.78, 5) is 15.0. The van der Waals surface area contributed by atoms with Crippen molar-refractivity contribution in [2.75, 3.05) is 0 Å². The first-order valence-corrected chi connectivity index (χ1v) is 6.83. The lowest BCUT2D eigenvalue weighted by molar-refractivity contribution is -0.385. The minimum absolute atomic E-state index is 0.0820. The van der Waals surface area contributed by atoms with E-state index in [-0.39, 0.29) is 16.7 Å². The molecule has 6 heteroatoms. The minimum atomic E-state index is -0.352. The van der Waals surface area contributed by atoms with Gasteiger partial charge >= 0.3 is 0 Å². The Morgan fingerprint density at radius 1 is 1.47 bits per heavy atom. The van der Waals surface area contributed by atoms with Crippen LogP contribution >= 0.6 is 11.3 Å². The van der Waals surface area contributed by atoms with Crippen LogP contribution in [0.5, 0.6) is 0 Å². The van der Waals surface area contributed by atoms with Crippen LogP contribution in [0.4, 0.5) is 5.69 Å². The van der Waals surface area contributed by atoms with Gasteiger partial charge < -0.3 is 5.32 Å². The van der Waals surface area contributed by atoms with E-state index in [4.69, 9.17) is 0 Å². The van der Waals surface area contributed by atoms with Crippen molar-refractivity contribution in [2.24, 2.45) is 0 Å². The molecule has 100 valence electrons. The van der Waals surface area contributed by atoms with E-state index in [0.29, 0.717) is 12.1 Å². The number of nitrogens with one attached hydrogen (secondary N) is 1. The van der Waals surface area contributed by atoms with E-state index >= 15 is 0 Å². The molecule has 19 heavy (non-hydrogen) atoms. The molecule has 0 amide bonds. The van der Waals surface area contributed by atoms with Crippen molar-refractivity contribution in [1.29, 1.82) is 0 Å². The molecule has 0 spiro atoms. The SMILES string of the molecule is Cc1csc(C(C)NCc2ccccc2[N+](=O)[O-])n1. The third-order valence-electron chi connectivity index (χ3n) is 2.79.